The molecule has 0 saturated heterocycles. The molecule has 1 aromatic rings. The van der Waals surface area contributed by atoms with E-state index in [2.05, 4.69) is 19.1 Å². The van der Waals surface area contributed by atoms with Gasteiger partial charge in [0.25, 0.3) is 0 Å². The van der Waals surface area contributed by atoms with E-state index in [1.54, 1.807) is 14.2 Å². The third-order valence-corrected chi connectivity index (χ3v) is 2.14. The van der Waals surface area contributed by atoms with E-state index >= 15 is 0 Å². The van der Waals surface area contributed by atoms with Crippen LogP contribution in [0.2, 0.25) is 0 Å². The van der Waals surface area contributed by atoms with E-state index in [-0.39, 0.29) is 6.10 Å². The summed E-state index contributed by atoms with van der Waals surface area (Å²) in [6.45, 7) is 2.68. The highest BCUT2D eigenvalue weighted by atomic mass is 16.5. The minimum atomic E-state index is 0.0474. The molecular weight excluding hydrogens is 164 g/mol. The van der Waals surface area contributed by atoms with Crippen molar-refractivity contribution in [2.75, 3.05) is 20.8 Å². The molecule has 0 bridgehead atoms. The largest absolute Gasteiger partial charge is 0.382 e. The fourth-order valence-electron chi connectivity index (χ4n) is 1.38. The molecule has 0 aliphatic carbocycles. The molecule has 13 heavy (non-hydrogen) atoms. The lowest BCUT2D eigenvalue weighted by molar-refractivity contribution is 0.0271. The summed E-state index contributed by atoms with van der Waals surface area (Å²) in [5.41, 5.74) is 2.44. The summed E-state index contributed by atoms with van der Waals surface area (Å²) in [7, 11) is 3.39. The van der Waals surface area contributed by atoms with Crippen LogP contribution in [0.1, 0.15) is 17.2 Å². The molecule has 2 heteroatoms. The SMILES string of the molecule is COCC(OC)c1ccccc1C. The van der Waals surface area contributed by atoms with Crippen molar-refractivity contribution in [2.24, 2.45) is 0 Å². The first-order valence-electron chi connectivity index (χ1n) is 4.37. The van der Waals surface area contributed by atoms with Gasteiger partial charge in [-0.2, -0.15) is 0 Å². The third kappa shape index (κ3) is 2.54. The molecule has 0 heterocycles. The quantitative estimate of drug-likeness (QED) is 0.708. The number of hydrogen-bond donors (Lipinski definition) is 0. The molecule has 1 rings (SSSR count). The van der Waals surface area contributed by atoms with Gasteiger partial charge in [-0.3, -0.25) is 0 Å². The third-order valence-electron chi connectivity index (χ3n) is 2.14. The number of hydrogen-bond acceptors (Lipinski definition) is 2. The Morgan fingerprint density at radius 2 is 1.92 bits per heavy atom. The summed E-state index contributed by atoms with van der Waals surface area (Å²) < 4.78 is 10.4. The minimum absolute atomic E-state index is 0.0474. The maximum atomic E-state index is 5.33. The van der Waals surface area contributed by atoms with Crippen LogP contribution in [-0.4, -0.2) is 20.8 Å². The first-order chi connectivity index (χ1) is 6.29. The number of rotatable bonds is 4. The van der Waals surface area contributed by atoms with E-state index in [0.29, 0.717) is 6.61 Å². The Morgan fingerprint density at radius 3 is 2.46 bits per heavy atom. The highest BCUT2D eigenvalue weighted by molar-refractivity contribution is 5.27. The summed E-state index contributed by atoms with van der Waals surface area (Å²) in [6.07, 6.45) is 0.0474. The summed E-state index contributed by atoms with van der Waals surface area (Å²) >= 11 is 0. The summed E-state index contributed by atoms with van der Waals surface area (Å²) in [6, 6.07) is 8.20. The zero-order valence-electron chi connectivity index (χ0n) is 8.41. The summed E-state index contributed by atoms with van der Waals surface area (Å²) in [5.74, 6) is 0. The lowest BCUT2D eigenvalue weighted by atomic mass is 10.0. The van der Waals surface area contributed by atoms with Crippen molar-refractivity contribution in [3.05, 3.63) is 35.4 Å². The average molecular weight is 180 g/mol. The molecule has 72 valence electrons. The van der Waals surface area contributed by atoms with Gasteiger partial charge in [-0.15, -0.1) is 0 Å². The van der Waals surface area contributed by atoms with Gasteiger partial charge in [0.15, 0.2) is 0 Å². The normalized spacial score (nSPS) is 12.8. The average Bonchev–Trinajstić information content (AvgIpc) is 2.16. The molecule has 0 spiro atoms. The van der Waals surface area contributed by atoms with Crippen LogP contribution in [0.5, 0.6) is 0 Å². The van der Waals surface area contributed by atoms with Gasteiger partial charge in [0.2, 0.25) is 0 Å². The van der Waals surface area contributed by atoms with Crippen LogP contribution in [0.3, 0.4) is 0 Å². The van der Waals surface area contributed by atoms with Crippen LogP contribution in [0.25, 0.3) is 0 Å². The Morgan fingerprint density at radius 1 is 1.23 bits per heavy atom. The second kappa shape index (κ2) is 5.00. The molecule has 0 fully saturated rings. The second-order valence-electron chi connectivity index (χ2n) is 3.04. The fraction of sp³-hybridized carbons (Fsp3) is 0.455. The van der Waals surface area contributed by atoms with E-state index in [4.69, 9.17) is 9.47 Å². The second-order valence-corrected chi connectivity index (χ2v) is 3.04. The summed E-state index contributed by atoms with van der Waals surface area (Å²) in [4.78, 5) is 0. The van der Waals surface area contributed by atoms with Crippen LogP contribution in [0.15, 0.2) is 24.3 Å². The van der Waals surface area contributed by atoms with Crippen LogP contribution in [0, 0.1) is 6.92 Å². The molecule has 0 amide bonds. The Kier molecular flexibility index (Phi) is 3.93. The monoisotopic (exact) mass is 180 g/mol. The minimum Gasteiger partial charge on any atom is -0.382 e. The highest BCUT2D eigenvalue weighted by Gasteiger charge is 2.11. The van der Waals surface area contributed by atoms with Crippen LogP contribution in [-0.2, 0) is 9.47 Å². The molecule has 1 atom stereocenters. The molecule has 1 aromatic carbocycles. The highest BCUT2D eigenvalue weighted by Crippen LogP contribution is 2.20. The molecular formula is C11H16O2. The number of benzene rings is 1. The van der Waals surface area contributed by atoms with Gasteiger partial charge in [0.05, 0.1) is 6.61 Å². The van der Waals surface area contributed by atoms with E-state index in [0.717, 1.165) is 0 Å². The molecule has 0 aliphatic rings. The maximum absolute atomic E-state index is 5.33. The predicted molar refractivity (Wildman–Crippen MR) is 52.8 cm³/mol. The Hall–Kier alpha value is -0.860. The lowest BCUT2D eigenvalue weighted by Crippen LogP contribution is -2.09. The standard InChI is InChI=1S/C11H16O2/c1-9-6-4-5-7-10(9)11(13-3)8-12-2/h4-7,11H,8H2,1-3H3. The Balaban J connectivity index is 2.84. The molecule has 0 aliphatic heterocycles. The molecule has 0 aromatic heterocycles. The van der Waals surface area contributed by atoms with Gasteiger partial charge in [-0.25, -0.2) is 0 Å². The van der Waals surface area contributed by atoms with E-state index in [1.807, 2.05) is 12.1 Å². The van der Waals surface area contributed by atoms with Crippen molar-refractivity contribution in [3.63, 3.8) is 0 Å². The number of methoxy groups -OCH3 is 2. The molecule has 0 saturated carbocycles. The van der Waals surface area contributed by atoms with Gasteiger partial charge in [0.1, 0.15) is 6.10 Å². The van der Waals surface area contributed by atoms with Crippen molar-refractivity contribution in [1.82, 2.24) is 0 Å². The van der Waals surface area contributed by atoms with Crippen LogP contribution >= 0.6 is 0 Å². The molecule has 0 N–H and O–H groups in total. The van der Waals surface area contributed by atoms with Gasteiger partial charge < -0.3 is 9.47 Å². The van der Waals surface area contributed by atoms with Crippen molar-refractivity contribution in [2.45, 2.75) is 13.0 Å². The zero-order chi connectivity index (χ0) is 9.68. The van der Waals surface area contributed by atoms with E-state index in [1.165, 1.54) is 11.1 Å². The van der Waals surface area contributed by atoms with E-state index in [9.17, 15) is 0 Å². The van der Waals surface area contributed by atoms with Gasteiger partial charge in [-0.05, 0) is 18.1 Å². The molecule has 0 radical (unpaired) electrons. The van der Waals surface area contributed by atoms with Crippen molar-refractivity contribution < 1.29 is 9.47 Å². The van der Waals surface area contributed by atoms with Crippen molar-refractivity contribution >= 4 is 0 Å². The molecule has 1 unspecified atom stereocenters. The Labute approximate surface area is 79.5 Å². The van der Waals surface area contributed by atoms with Gasteiger partial charge in [0, 0.05) is 14.2 Å². The first kappa shape index (κ1) is 10.2. The van der Waals surface area contributed by atoms with Gasteiger partial charge in [-0.1, -0.05) is 24.3 Å². The molecule has 2 nitrogen and oxygen atoms in total. The van der Waals surface area contributed by atoms with Crippen LogP contribution in [0.4, 0.5) is 0 Å². The summed E-state index contributed by atoms with van der Waals surface area (Å²) in [5, 5.41) is 0. The van der Waals surface area contributed by atoms with Gasteiger partial charge >= 0.3 is 0 Å². The fourth-order valence-corrected chi connectivity index (χ4v) is 1.38. The maximum Gasteiger partial charge on any atom is 0.106 e. The zero-order valence-corrected chi connectivity index (χ0v) is 8.41. The number of aryl methyl sites for hydroxylation is 1. The van der Waals surface area contributed by atoms with Crippen LogP contribution < -0.4 is 0 Å². The predicted octanol–water partition coefficient (Wildman–Crippen LogP) is 2.33. The lowest BCUT2D eigenvalue weighted by Gasteiger charge is -2.16. The van der Waals surface area contributed by atoms with Crippen molar-refractivity contribution in [3.8, 4) is 0 Å². The number of ether oxygens (including phenoxy) is 2. The van der Waals surface area contributed by atoms with Crippen molar-refractivity contribution in [1.29, 1.82) is 0 Å². The smallest absolute Gasteiger partial charge is 0.106 e. The first-order valence-corrected chi connectivity index (χ1v) is 4.37. The Bertz CT molecular complexity index is 258. The van der Waals surface area contributed by atoms with E-state index < -0.39 is 0 Å². The topological polar surface area (TPSA) is 18.5 Å².